The van der Waals surface area contributed by atoms with E-state index in [0.29, 0.717) is 0 Å². The fourth-order valence-corrected chi connectivity index (χ4v) is 5.77. The lowest BCUT2D eigenvalue weighted by molar-refractivity contribution is 0.997. The van der Waals surface area contributed by atoms with Gasteiger partial charge in [-0.25, -0.2) is 0 Å². The lowest BCUT2D eigenvalue weighted by atomic mass is 9.84. The molecule has 1 aliphatic carbocycles. The quantitative estimate of drug-likeness (QED) is 0.226. The molecule has 0 saturated carbocycles. The standard InChI is InChI=1S/C30H20BrN/c31-25-11-9-19-13-22-16-24-18-26(12-10-20(24)14-21(22)15-23(19)17-25)32-29-7-3-1-5-27(29)28-6-2-4-8-30(28)32/h1-13,15,17-18H,14,16H2. The number of hydrogen-bond donors (Lipinski definition) is 0. The summed E-state index contributed by atoms with van der Waals surface area (Å²) in [4.78, 5) is 0. The van der Waals surface area contributed by atoms with E-state index in [1.165, 1.54) is 60.5 Å². The Morgan fingerprint density at radius 2 is 1.16 bits per heavy atom. The molecule has 32 heavy (non-hydrogen) atoms. The summed E-state index contributed by atoms with van der Waals surface area (Å²) in [5.74, 6) is 0. The SMILES string of the molecule is Brc1ccc2cc3c(cc2c1)Cc1ccc(-n2c4ccccc4c4ccccc42)cc1C3. The van der Waals surface area contributed by atoms with Crippen LogP contribution in [0.3, 0.4) is 0 Å². The Balaban J connectivity index is 1.39. The maximum atomic E-state index is 3.61. The minimum absolute atomic E-state index is 0.988. The molecule has 0 saturated heterocycles. The highest BCUT2D eigenvalue weighted by molar-refractivity contribution is 9.10. The first kappa shape index (κ1) is 18.2. The van der Waals surface area contributed by atoms with Crippen molar-refractivity contribution < 1.29 is 0 Å². The van der Waals surface area contributed by atoms with Crippen molar-refractivity contribution in [3.63, 3.8) is 0 Å². The van der Waals surface area contributed by atoms with Crippen LogP contribution in [-0.2, 0) is 12.8 Å². The number of rotatable bonds is 1. The Bertz CT molecular complexity index is 1640. The molecule has 1 nitrogen and oxygen atoms in total. The van der Waals surface area contributed by atoms with Crippen molar-refractivity contribution in [1.29, 1.82) is 0 Å². The van der Waals surface area contributed by atoms with Crippen molar-refractivity contribution in [2.45, 2.75) is 12.8 Å². The highest BCUT2D eigenvalue weighted by Crippen LogP contribution is 2.35. The van der Waals surface area contributed by atoms with Crippen LogP contribution in [0.2, 0.25) is 0 Å². The molecule has 0 fully saturated rings. The second-order valence-electron chi connectivity index (χ2n) is 8.79. The molecular weight excluding hydrogens is 454 g/mol. The van der Waals surface area contributed by atoms with Gasteiger partial charge in [-0.3, -0.25) is 0 Å². The van der Waals surface area contributed by atoms with Crippen molar-refractivity contribution in [3.05, 3.63) is 124 Å². The lowest BCUT2D eigenvalue weighted by Gasteiger charge is -2.22. The maximum Gasteiger partial charge on any atom is 0.0541 e. The van der Waals surface area contributed by atoms with Crippen molar-refractivity contribution in [3.8, 4) is 5.69 Å². The van der Waals surface area contributed by atoms with Gasteiger partial charge in [0.1, 0.15) is 0 Å². The van der Waals surface area contributed by atoms with Crippen molar-refractivity contribution >= 4 is 48.5 Å². The van der Waals surface area contributed by atoms with Crippen LogP contribution in [0.15, 0.2) is 102 Å². The van der Waals surface area contributed by atoms with Crippen LogP contribution in [0.25, 0.3) is 38.3 Å². The van der Waals surface area contributed by atoms with Crippen LogP contribution in [0.1, 0.15) is 22.3 Å². The van der Waals surface area contributed by atoms with Crippen molar-refractivity contribution in [1.82, 2.24) is 4.57 Å². The predicted octanol–water partition coefficient (Wildman–Crippen LogP) is 8.19. The van der Waals surface area contributed by atoms with Crippen LogP contribution in [0, 0.1) is 0 Å². The Morgan fingerprint density at radius 3 is 1.91 bits per heavy atom. The zero-order valence-corrected chi connectivity index (χ0v) is 19.1. The summed E-state index contributed by atoms with van der Waals surface area (Å²) in [5, 5.41) is 5.24. The fraction of sp³-hybridized carbons (Fsp3) is 0.0667. The van der Waals surface area contributed by atoms with Gasteiger partial charge in [0.15, 0.2) is 0 Å². The van der Waals surface area contributed by atoms with Crippen LogP contribution < -0.4 is 0 Å². The van der Waals surface area contributed by atoms with E-state index in [1.54, 1.807) is 0 Å². The number of benzene rings is 5. The highest BCUT2D eigenvalue weighted by atomic mass is 79.9. The van der Waals surface area contributed by atoms with E-state index < -0.39 is 0 Å². The van der Waals surface area contributed by atoms with Crippen LogP contribution >= 0.6 is 15.9 Å². The molecule has 5 aromatic carbocycles. The predicted molar refractivity (Wildman–Crippen MR) is 138 cm³/mol. The molecule has 152 valence electrons. The normalized spacial score (nSPS) is 12.9. The van der Waals surface area contributed by atoms with Gasteiger partial charge in [-0.15, -0.1) is 0 Å². The minimum Gasteiger partial charge on any atom is -0.309 e. The van der Waals surface area contributed by atoms with Crippen molar-refractivity contribution in [2.75, 3.05) is 0 Å². The molecule has 0 spiro atoms. The van der Waals surface area contributed by atoms with Gasteiger partial charge in [0, 0.05) is 20.9 Å². The van der Waals surface area contributed by atoms with Crippen molar-refractivity contribution in [2.24, 2.45) is 0 Å². The zero-order valence-electron chi connectivity index (χ0n) is 17.5. The summed E-state index contributed by atoms with van der Waals surface area (Å²) in [5.41, 5.74) is 9.56. The van der Waals surface area contributed by atoms with Gasteiger partial charge in [-0.05, 0) is 82.3 Å². The number of nitrogens with zero attached hydrogens (tertiary/aromatic N) is 1. The minimum atomic E-state index is 0.988. The molecule has 0 radical (unpaired) electrons. The van der Waals surface area contributed by atoms with Gasteiger partial charge in [0.25, 0.3) is 0 Å². The average Bonchev–Trinajstić information content (AvgIpc) is 3.16. The summed E-state index contributed by atoms with van der Waals surface area (Å²) in [6.07, 6.45) is 1.99. The number of halogens is 1. The Kier molecular flexibility index (Phi) is 3.88. The third kappa shape index (κ3) is 2.69. The van der Waals surface area contributed by atoms with Crippen LogP contribution in [-0.4, -0.2) is 4.57 Å². The second-order valence-corrected chi connectivity index (χ2v) is 9.70. The maximum absolute atomic E-state index is 3.61. The Hall–Kier alpha value is -3.36. The molecule has 0 unspecified atom stereocenters. The fourth-order valence-electron chi connectivity index (χ4n) is 5.39. The van der Waals surface area contributed by atoms with E-state index in [1.807, 2.05) is 0 Å². The molecular formula is C30H20BrN. The Morgan fingerprint density at radius 1 is 0.531 bits per heavy atom. The summed E-state index contributed by atoms with van der Waals surface area (Å²) in [6, 6.07) is 35.8. The number of aromatic nitrogens is 1. The van der Waals surface area contributed by atoms with Gasteiger partial charge < -0.3 is 4.57 Å². The third-order valence-electron chi connectivity index (χ3n) is 6.91. The van der Waals surface area contributed by atoms with Gasteiger partial charge >= 0.3 is 0 Å². The van der Waals surface area contributed by atoms with E-state index in [2.05, 4.69) is 118 Å². The summed E-state index contributed by atoms with van der Waals surface area (Å²) >= 11 is 3.61. The van der Waals surface area contributed by atoms with Gasteiger partial charge in [-0.2, -0.15) is 0 Å². The van der Waals surface area contributed by atoms with Gasteiger partial charge in [-0.1, -0.05) is 76.6 Å². The summed E-state index contributed by atoms with van der Waals surface area (Å²) in [6.45, 7) is 0. The largest absolute Gasteiger partial charge is 0.309 e. The number of hydrogen-bond acceptors (Lipinski definition) is 0. The number of fused-ring (bicyclic) bond motifs is 6. The van der Waals surface area contributed by atoms with E-state index >= 15 is 0 Å². The van der Waals surface area contributed by atoms with Gasteiger partial charge in [0.2, 0.25) is 0 Å². The molecule has 6 aromatic rings. The smallest absolute Gasteiger partial charge is 0.0541 e. The zero-order chi connectivity index (χ0) is 21.2. The number of para-hydroxylation sites is 2. The molecule has 0 N–H and O–H groups in total. The molecule has 0 aliphatic heterocycles. The third-order valence-corrected chi connectivity index (χ3v) is 7.40. The molecule has 2 heteroatoms. The molecule has 1 aromatic heterocycles. The summed E-state index contributed by atoms with van der Waals surface area (Å²) in [7, 11) is 0. The molecule has 0 amide bonds. The monoisotopic (exact) mass is 473 g/mol. The van der Waals surface area contributed by atoms with Crippen LogP contribution in [0.5, 0.6) is 0 Å². The molecule has 0 bridgehead atoms. The summed E-state index contributed by atoms with van der Waals surface area (Å²) < 4.78 is 3.55. The Labute approximate surface area is 195 Å². The van der Waals surface area contributed by atoms with E-state index in [-0.39, 0.29) is 0 Å². The first-order valence-corrected chi connectivity index (χ1v) is 11.9. The molecule has 1 heterocycles. The van der Waals surface area contributed by atoms with E-state index in [4.69, 9.17) is 0 Å². The van der Waals surface area contributed by atoms with Crippen LogP contribution in [0.4, 0.5) is 0 Å². The highest BCUT2D eigenvalue weighted by Gasteiger charge is 2.18. The van der Waals surface area contributed by atoms with Gasteiger partial charge in [0.05, 0.1) is 11.0 Å². The lowest BCUT2D eigenvalue weighted by Crippen LogP contribution is -2.08. The van der Waals surface area contributed by atoms with E-state index in [0.717, 1.165) is 17.3 Å². The average molecular weight is 474 g/mol. The molecule has 1 aliphatic rings. The molecule has 7 rings (SSSR count). The first-order valence-electron chi connectivity index (χ1n) is 11.1. The first-order chi connectivity index (χ1) is 15.7. The molecule has 0 atom stereocenters. The van der Waals surface area contributed by atoms with E-state index in [9.17, 15) is 0 Å². The topological polar surface area (TPSA) is 4.93 Å². The second kappa shape index (κ2) is 6.82.